The van der Waals surface area contributed by atoms with E-state index in [1.165, 1.54) is 72.3 Å². The summed E-state index contributed by atoms with van der Waals surface area (Å²) in [6.45, 7) is 27.9. The predicted molar refractivity (Wildman–Crippen MR) is 223 cm³/mol. The average molecular weight is 800 g/mol. The Labute approximate surface area is 312 Å². The number of hydrogen-bond acceptors (Lipinski definition) is 0. The first-order valence-corrected chi connectivity index (χ1v) is 35.1. The van der Waals surface area contributed by atoms with E-state index in [9.17, 15) is 0 Å². The van der Waals surface area contributed by atoms with E-state index in [2.05, 4.69) is 173 Å². The molecule has 2 aliphatic rings. The van der Waals surface area contributed by atoms with Crippen LogP contribution in [0.3, 0.4) is 0 Å². The van der Waals surface area contributed by atoms with Crippen molar-refractivity contribution in [3.05, 3.63) is 129 Å². The maximum atomic E-state index is 8.78. The third-order valence-electron chi connectivity index (χ3n) is 12.0. The van der Waals surface area contributed by atoms with Gasteiger partial charge in [-0.05, 0) is 0 Å². The standard InChI is InChI=1S/2C22H25.C2H7Si.2ClH.Zr/c1-15(2)18-13-17-7-6-8-20(21(17)14-18)16-9-11-19(12-10-16)22(3,4)5;1-6-16-13-20-15(2)7-12-19(21(20)14-16)17-8-10-18(11-9-17)22(3,4)5;1-3-2;;;/h6-15H,1-5H3;7-14H,6H2,1-5H3;3H,1-2H3;2*1H;/q;;;;;+2/p-2. The minimum absolute atomic E-state index is 0.0789. The van der Waals surface area contributed by atoms with Gasteiger partial charge in [-0.2, -0.15) is 0 Å². The number of halogens is 2. The quantitative estimate of drug-likeness (QED) is 0.163. The van der Waals surface area contributed by atoms with Crippen molar-refractivity contribution in [2.75, 3.05) is 0 Å². The molecule has 0 radical (unpaired) electrons. The van der Waals surface area contributed by atoms with Gasteiger partial charge in [0.1, 0.15) is 0 Å². The molecule has 0 heterocycles. The molecule has 0 saturated heterocycles. The molecule has 0 amide bonds. The van der Waals surface area contributed by atoms with Gasteiger partial charge in [0, 0.05) is 0 Å². The Morgan fingerprint density at radius 1 is 0.680 bits per heavy atom. The monoisotopic (exact) mass is 797 g/mol. The Morgan fingerprint density at radius 2 is 1.20 bits per heavy atom. The summed E-state index contributed by atoms with van der Waals surface area (Å²) in [4.78, 5) is 0. The molecule has 0 bridgehead atoms. The second-order valence-electron chi connectivity index (χ2n) is 17.8. The van der Waals surface area contributed by atoms with Crippen molar-refractivity contribution in [3.8, 4) is 22.3 Å². The molecule has 4 aromatic rings. The van der Waals surface area contributed by atoms with Gasteiger partial charge in [0.05, 0.1) is 0 Å². The predicted octanol–water partition coefficient (Wildman–Crippen LogP) is 14.5. The van der Waals surface area contributed by atoms with Gasteiger partial charge in [-0.15, -0.1) is 0 Å². The van der Waals surface area contributed by atoms with Crippen molar-refractivity contribution in [3.63, 3.8) is 0 Å². The van der Waals surface area contributed by atoms with E-state index in [0.717, 1.165) is 6.42 Å². The van der Waals surface area contributed by atoms with Crippen molar-refractivity contribution in [2.45, 2.75) is 107 Å². The Kier molecular flexibility index (Phi) is 9.95. The van der Waals surface area contributed by atoms with Gasteiger partial charge in [0.25, 0.3) is 0 Å². The van der Waals surface area contributed by atoms with E-state index in [1.54, 1.807) is 0 Å². The fourth-order valence-corrected chi connectivity index (χ4v) is 40.5. The van der Waals surface area contributed by atoms with Crippen LogP contribution in [0.5, 0.6) is 0 Å². The summed E-state index contributed by atoms with van der Waals surface area (Å²) in [5, 5.41) is 0. The molecule has 4 heteroatoms. The first-order chi connectivity index (χ1) is 23.3. The van der Waals surface area contributed by atoms with Crippen molar-refractivity contribution in [2.24, 2.45) is 5.92 Å². The van der Waals surface area contributed by atoms with Crippen LogP contribution >= 0.6 is 17.0 Å². The fourth-order valence-electron chi connectivity index (χ4n) is 8.85. The molecule has 2 aliphatic carbocycles. The Hall–Kier alpha value is -1.96. The zero-order valence-electron chi connectivity index (χ0n) is 32.4. The molecular formula is C46H57Cl2SiZr. The van der Waals surface area contributed by atoms with Gasteiger partial charge in [-0.25, -0.2) is 0 Å². The Morgan fingerprint density at radius 3 is 1.66 bits per heavy atom. The van der Waals surface area contributed by atoms with E-state index in [1.807, 2.05) is 0 Å². The van der Waals surface area contributed by atoms with Crippen LogP contribution < -0.4 is 0 Å². The zero-order chi connectivity index (χ0) is 36.6. The molecule has 0 spiro atoms. The normalized spacial score (nSPS) is 18.5. The molecular weight excluding hydrogens is 743 g/mol. The van der Waals surface area contributed by atoms with Crippen LogP contribution in [0.4, 0.5) is 0 Å². The molecule has 0 saturated carbocycles. The van der Waals surface area contributed by atoms with Crippen molar-refractivity contribution in [1.82, 2.24) is 0 Å². The van der Waals surface area contributed by atoms with E-state index in [-0.39, 0.29) is 18.1 Å². The van der Waals surface area contributed by atoms with Crippen LogP contribution in [0.25, 0.3) is 34.4 Å². The van der Waals surface area contributed by atoms with Gasteiger partial charge in [0.2, 0.25) is 0 Å². The fraction of sp³-hybridized carbons (Fsp3) is 0.391. The summed E-state index contributed by atoms with van der Waals surface area (Å²) in [7, 11) is 17.6. The SMILES string of the molecule is CCC1=Cc2c(-c3ccc(C(C)(C)C)cc3)ccc(C)c2[CH]1[Zr]([Cl])([Cl])([CH]1C(C(C)C)=Cc2c(-c3ccc(C(C)(C)C)cc3)cccc21)[SiH](C)C. The number of hydrogen-bond donors (Lipinski definition) is 0. The van der Waals surface area contributed by atoms with E-state index < -0.39 is 21.5 Å². The van der Waals surface area contributed by atoms with E-state index >= 15 is 0 Å². The van der Waals surface area contributed by atoms with Gasteiger partial charge in [0.15, 0.2) is 0 Å². The minimum atomic E-state index is -4.90. The summed E-state index contributed by atoms with van der Waals surface area (Å²) < 4.78 is 0.170. The average Bonchev–Trinajstić information content (AvgIpc) is 3.66. The molecule has 2 unspecified atom stereocenters. The zero-order valence-corrected chi connectivity index (χ0v) is 37.6. The molecule has 6 rings (SSSR count). The van der Waals surface area contributed by atoms with E-state index in [0.29, 0.717) is 5.92 Å². The van der Waals surface area contributed by atoms with Crippen molar-refractivity contribution in [1.29, 1.82) is 0 Å². The molecule has 2 atom stereocenters. The van der Waals surface area contributed by atoms with Crippen LogP contribution in [0, 0.1) is 12.8 Å². The summed E-state index contributed by atoms with van der Waals surface area (Å²) in [6, 6.07) is 30.0. The number of benzene rings is 4. The topological polar surface area (TPSA) is 0 Å². The molecule has 0 aromatic heterocycles. The molecule has 0 aliphatic heterocycles. The number of allylic oxidation sites excluding steroid dienone is 2. The third kappa shape index (κ3) is 6.17. The first kappa shape index (κ1) is 37.8. The van der Waals surface area contributed by atoms with Gasteiger partial charge >= 0.3 is 315 Å². The van der Waals surface area contributed by atoms with Crippen LogP contribution in [0.15, 0.2) is 90.0 Å². The molecule has 4 aromatic carbocycles. The van der Waals surface area contributed by atoms with Crippen LogP contribution in [-0.4, -0.2) is 5.92 Å². The Bertz CT molecular complexity index is 2000. The van der Waals surface area contributed by atoms with Crippen molar-refractivity contribution >= 4 is 35.1 Å². The number of fused-ring (bicyclic) bond motifs is 2. The molecule has 0 fully saturated rings. The van der Waals surface area contributed by atoms with Crippen LogP contribution in [-0.2, 0) is 26.4 Å². The van der Waals surface area contributed by atoms with Gasteiger partial charge in [-0.3, -0.25) is 0 Å². The van der Waals surface area contributed by atoms with Gasteiger partial charge < -0.3 is 0 Å². The summed E-state index contributed by atoms with van der Waals surface area (Å²) >= 11 is -4.90. The summed E-state index contributed by atoms with van der Waals surface area (Å²) in [5.74, 6) is -1.33. The summed E-state index contributed by atoms with van der Waals surface area (Å²) in [6.07, 6.45) is 5.94. The molecule has 0 nitrogen and oxygen atoms in total. The molecule has 50 heavy (non-hydrogen) atoms. The van der Waals surface area contributed by atoms with Gasteiger partial charge in [-0.1, -0.05) is 0 Å². The third-order valence-corrected chi connectivity index (χ3v) is 63.7. The molecule has 263 valence electrons. The number of aryl methyl sites for hydroxylation is 1. The maximum absolute atomic E-state index is 8.78. The summed E-state index contributed by atoms with van der Waals surface area (Å²) in [5.41, 5.74) is 17.7. The second kappa shape index (κ2) is 13.2. The first-order valence-electron chi connectivity index (χ1n) is 18.8. The van der Waals surface area contributed by atoms with Crippen molar-refractivity contribution < 1.29 is 15.6 Å². The second-order valence-corrected chi connectivity index (χ2v) is 60.3. The van der Waals surface area contributed by atoms with Crippen LogP contribution in [0.1, 0.15) is 115 Å². The van der Waals surface area contributed by atoms with E-state index in [4.69, 9.17) is 17.0 Å². The number of rotatable bonds is 7. The Balaban J connectivity index is 1.56. The molecule has 0 N–H and O–H groups in total. The van der Waals surface area contributed by atoms with Crippen LogP contribution in [0.2, 0.25) is 13.1 Å².